The molecule has 2 N–H and O–H groups in total. The van der Waals surface area contributed by atoms with Gasteiger partial charge in [-0.05, 0) is 44.7 Å². The van der Waals surface area contributed by atoms with Crippen LogP contribution in [0.5, 0.6) is 0 Å². The van der Waals surface area contributed by atoms with E-state index in [1.54, 1.807) is 0 Å². The molecule has 3 heteroatoms. The fourth-order valence-corrected chi connectivity index (χ4v) is 1.44. The SMILES string of the molecule is CC(C)(CN)Cc1cnn(C(C)(C)C)c1. The molecule has 0 fully saturated rings. The molecule has 15 heavy (non-hydrogen) atoms. The number of aromatic nitrogens is 2. The monoisotopic (exact) mass is 209 g/mol. The average molecular weight is 209 g/mol. The molecular weight excluding hydrogens is 186 g/mol. The maximum absolute atomic E-state index is 5.72. The van der Waals surface area contributed by atoms with Crippen molar-refractivity contribution in [3.8, 4) is 0 Å². The van der Waals surface area contributed by atoms with Gasteiger partial charge in [-0.25, -0.2) is 0 Å². The van der Waals surface area contributed by atoms with Crippen molar-refractivity contribution in [3.63, 3.8) is 0 Å². The number of hydrogen-bond donors (Lipinski definition) is 1. The predicted octanol–water partition coefficient (Wildman–Crippen LogP) is 2.17. The Morgan fingerprint density at radius 3 is 2.27 bits per heavy atom. The van der Waals surface area contributed by atoms with Crippen molar-refractivity contribution in [1.29, 1.82) is 0 Å². The van der Waals surface area contributed by atoms with Gasteiger partial charge in [-0.15, -0.1) is 0 Å². The molecule has 86 valence electrons. The van der Waals surface area contributed by atoms with E-state index in [0.29, 0.717) is 6.54 Å². The molecule has 0 amide bonds. The van der Waals surface area contributed by atoms with Crippen LogP contribution in [0, 0.1) is 5.41 Å². The Morgan fingerprint density at radius 1 is 1.27 bits per heavy atom. The molecule has 0 aliphatic rings. The Bertz CT molecular complexity index is 318. The highest BCUT2D eigenvalue weighted by Crippen LogP contribution is 2.21. The lowest BCUT2D eigenvalue weighted by Crippen LogP contribution is -2.26. The van der Waals surface area contributed by atoms with Gasteiger partial charge in [0.2, 0.25) is 0 Å². The summed E-state index contributed by atoms with van der Waals surface area (Å²) in [5, 5.41) is 4.38. The molecule has 1 aromatic heterocycles. The zero-order chi connectivity index (χ0) is 11.7. The van der Waals surface area contributed by atoms with E-state index in [2.05, 4.69) is 45.9 Å². The van der Waals surface area contributed by atoms with E-state index < -0.39 is 0 Å². The Balaban J connectivity index is 2.78. The van der Waals surface area contributed by atoms with Crippen LogP contribution in [0.2, 0.25) is 0 Å². The first-order chi connectivity index (χ1) is 6.74. The third kappa shape index (κ3) is 3.34. The van der Waals surface area contributed by atoms with Crippen LogP contribution >= 0.6 is 0 Å². The highest BCUT2D eigenvalue weighted by Gasteiger charge is 2.19. The highest BCUT2D eigenvalue weighted by atomic mass is 15.3. The first kappa shape index (κ1) is 12.2. The van der Waals surface area contributed by atoms with Gasteiger partial charge in [-0.1, -0.05) is 13.8 Å². The molecule has 1 aromatic rings. The number of nitrogens with zero attached hydrogens (tertiary/aromatic N) is 2. The van der Waals surface area contributed by atoms with Gasteiger partial charge >= 0.3 is 0 Å². The second-order valence-electron chi connectivity index (χ2n) is 6.01. The normalized spacial score (nSPS) is 13.2. The fourth-order valence-electron chi connectivity index (χ4n) is 1.44. The number of hydrogen-bond acceptors (Lipinski definition) is 2. The molecule has 0 aliphatic carbocycles. The molecule has 0 atom stereocenters. The van der Waals surface area contributed by atoms with Gasteiger partial charge < -0.3 is 5.73 Å². The van der Waals surface area contributed by atoms with Crippen molar-refractivity contribution in [2.24, 2.45) is 11.1 Å². The smallest absolute Gasteiger partial charge is 0.0543 e. The summed E-state index contributed by atoms with van der Waals surface area (Å²) in [5.41, 5.74) is 7.20. The summed E-state index contributed by atoms with van der Waals surface area (Å²) in [5.74, 6) is 0. The topological polar surface area (TPSA) is 43.8 Å². The molecule has 0 spiro atoms. The Kier molecular flexibility index (Phi) is 3.24. The summed E-state index contributed by atoms with van der Waals surface area (Å²) in [6.45, 7) is 11.5. The van der Waals surface area contributed by atoms with Crippen LogP contribution in [0.4, 0.5) is 0 Å². The predicted molar refractivity (Wildman–Crippen MR) is 63.8 cm³/mol. The lowest BCUT2D eigenvalue weighted by Gasteiger charge is -2.21. The van der Waals surface area contributed by atoms with Gasteiger partial charge in [-0.2, -0.15) is 5.10 Å². The minimum atomic E-state index is 0.0606. The van der Waals surface area contributed by atoms with Crippen molar-refractivity contribution in [3.05, 3.63) is 18.0 Å². The lowest BCUT2D eigenvalue weighted by atomic mass is 9.87. The Hall–Kier alpha value is -0.830. The van der Waals surface area contributed by atoms with Crippen molar-refractivity contribution >= 4 is 0 Å². The third-order valence-electron chi connectivity index (χ3n) is 2.56. The Morgan fingerprint density at radius 2 is 1.87 bits per heavy atom. The van der Waals surface area contributed by atoms with Crippen LogP contribution in [-0.4, -0.2) is 16.3 Å². The molecule has 0 aromatic carbocycles. The molecule has 0 aliphatic heterocycles. The zero-order valence-corrected chi connectivity index (χ0v) is 10.5. The summed E-state index contributed by atoms with van der Waals surface area (Å²) in [6, 6.07) is 0. The minimum Gasteiger partial charge on any atom is -0.330 e. The maximum Gasteiger partial charge on any atom is 0.0543 e. The van der Waals surface area contributed by atoms with Crippen molar-refractivity contribution in [2.75, 3.05) is 6.54 Å². The van der Waals surface area contributed by atoms with E-state index in [9.17, 15) is 0 Å². The van der Waals surface area contributed by atoms with Crippen LogP contribution in [-0.2, 0) is 12.0 Å². The van der Waals surface area contributed by atoms with Crippen LogP contribution in [0.3, 0.4) is 0 Å². The lowest BCUT2D eigenvalue weighted by molar-refractivity contribution is 0.352. The average Bonchev–Trinajstić information content (AvgIpc) is 2.51. The highest BCUT2D eigenvalue weighted by molar-refractivity contribution is 5.08. The fraction of sp³-hybridized carbons (Fsp3) is 0.750. The molecule has 1 rings (SSSR count). The quantitative estimate of drug-likeness (QED) is 0.829. The second kappa shape index (κ2) is 3.97. The van der Waals surface area contributed by atoms with Gasteiger partial charge in [0, 0.05) is 6.20 Å². The second-order valence-corrected chi connectivity index (χ2v) is 6.01. The molecule has 0 radical (unpaired) electrons. The van der Waals surface area contributed by atoms with E-state index in [0.717, 1.165) is 6.42 Å². The van der Waals surface area contributed by atoms with E-state index in [1.807, 2.05) is 10.9 Å². The largest absolute Gasteiger partial charge is 0.330 e. The number of rotatable bonds is 3. The summed E-state index contributed by atoms with van der Waals surface area (Å²) in [6.07, 6.45) is 5.06. The van der Waals surface area contributed by atoms with Gasteiger partial charge in [0.15, 0.2) is 0 Å². The first-order valence-electron chi connectivity index (χ1n) is 5.49. The van der Waals surface area contributed by atoms with Crippen molar-refractivity contribution in [1.82, 2.24) is 9.78 Å². The van der Waals surface area contributed by atoms with Crippen LogP contribution in [0.15, 0.2) is 12.4 Å². The summed E-state index contributed by atoms with van der Waals surface area (Å²) in [7, 11) is 0. The molecule has 0 saturated carbocycles. The molecule has 1 heterocycles. The molecule has 0 bridgehead atoms. The van der Waals surface area contributed by atoms with Crippen LogP contribution in [0.1, 0.15) is 40.2 Å². The van der Waals surface area contributed by atoms with Gasteiger partial charge in [-0.3, -0.25) is 4.68 Å². The molecule has 0 unspecified atom stereocenters. The van der Waals surface area contributed by atoms with Crippen molar-refractivity contribution in [2.45, 2.75) is 46.6 Å². The minimum absolute atomic E-state index is 0.0606. The molecule has 0 saturated heterocycles. The van der Waals surface area contributed by atoms with Crippen LogP contribution < -0.4 is 5.73 Å². The van der Waals surface area contributed by atoms with E-state index >= 15 is 0 Å². The van der Waals surface area contributed by atoms with E-state index in [4.69, 9.17) is 5.73 Å². The summed E-state index contributed by atoms with van der Waals surface area (Å²) in [4.78, 5) is 0. The third-order valence-corrected chi connectivity index (χ3v) is 2.56. The summed E-state index contributed by atoms with van der Waals surface area (Å²) < 4.78 is 2.01. The standard InChI is InChI=1S/C12H23N3/c1-11(2,3)15-8-10(7-14-15)6-12(4,5)9-13/h7-8H,6,9,13H2,1-5H3. The maximum atomic E-state index is 5.72. The van der Waals surface area contributed by atoms with Crippen molar-refractivity contribution < 1.29 is 0 Å². The zero-order valence-electron chi connectivity index (χ0n) is 10.5. The van der Waals surface area contributed by atoms with E-state index in [-0.39, 0.29) is 11.0 Å². The van der Waals surface area contributed by atoms with Gasteiger partial charge in [0.05, 0.1) is 11.7 Å². The Labute approximate surface area is 92.7 Å². The molecule has 3 nitrogen and oxygen atoms in total. The first-order valence-corrected chi connectivity index (χ1v) is 5.49. The van der Waals surface area contributed by atoms with Gasteiger partial charge in [0.25, 0.3) is 0 Å². The molecular formula is C12H23N3. The van der Waals surface area contributed by atoms with E-state index in [1.165, 1.54) is 5.56 Å². The summed E-state index contributed by atoms with van der Waals surface area (Å²) >= 11 is 0. The van der Waals surface area contributed by atoms with Crippen LogP contribution in [0.25, 0.3) is 0 Å². The van der Waals surface area contributed by atoms with Gasteiger partial charge in [0.1, 0.15) is 0 Å². The number of nitrogens with two attached hydrogens (primary N) is 1.